The summed E-state index contributed by atoms with van der Waals surface area (Å²) in [5, 5.41) is 8.07. The topological polar surface area (TPSA) is 121 Å². The Kier molecular flexibility index (Phi) is 5.07. The molecule has 0 radical (unpaired) electrons. The number of thiazole rings is 1. The number of amides is 1. The van der Waals surface area contributed by atoms with Crippen molar-refractivity contribution in [3.8, 4) is 11.5 Å². The summed E-state index contributed by atoms with van der Waals surface area (Å²) in [5.41, 5.74) is 0.559. The number of ether oxygens (including phenoxy) is 2. The quantitative estimate of drug-likeness (QED) is 0.660. The molecule has 0 fully saturated rings. The SMILES string of the molecule is COc1ccccc1OCC(=O)Nc1nc2ccc(S(N)(=O)=O)cc2s1. The first-order valence-corrected chi connectivity index (χ1v) is 9.72. The minimum Gasteiger partial charge on any atom is -0.493 e. The monoisotopic (exact) mass is 393 g/mol. The fourth-order valence-electron chi connectivity index (χ4n) is 2.17. The number of aromatic nitrogens is 1. The number of benzene rings is 2. The first-order valence-electron chi connectivity index (χ1n) is 7.36. The summed E-state index contributed by atoms with van der Waals surface area (Å²) >= 11 is 1.14. The lowest BCUT2D eigenvalue weighted by Crippen LogP contribution is -2.20. The van der Waals surface area contributed by atoms with Crippen LogP contribution in [0.2, 0.25) is 0 Å². The van der Waals surface area contributed by atoms with Crippen molar-refractivity contribution in [1.29, 1.82) is 0 Å². The molecule has 0 aliphatic carbocycles. The molecule has 0 saturated carbocycles. The molecule has 3 N–H and O–H groups in total. The average Bonchev–Trinajstić information content (AvgIpc) is 3.00. The van der Waals surface area contributed by atoms with Gasteiger partial charge < -0.3 is 9.47 Å². The number of nitrogens with two attached hydrogens (primary N) is 1. The van der Waals surface area contributed by atoms with Crippen molar-refractivity contribution in [1.82, 2.24) is 4.98 Å². The van der Waals surface area contributed by atoms with Crippen molar-refractivity contribution in [2.75, 3.05) is 19.0 Å². The number of methoxy groups -OCH3 is 1. The highest BCUT2D eigenvalue weighted by Crippen LogP contribution is 2.28. The van der Waals surface area contributed by atoms with Crippen LogP contribution in [0.5, 0.6) is 11.5 Å². The second kappa shape index (κ2) is 7.28. The lowest BCUT2D eigenvalue weighted by Gasteiger charge is -2.09. The number of hydrogen-bond acceptors (Lipinski definition) is 7. The van der Waals surface area contributed by atoms with E-state index in [9.17, 15) is 13.2 Å². The minimum atomic E-state index is -3.79. The Morgan fingerprint density at radius 2 is 1.96 bits per heavy atom. The van der Waals surface area contributed by atoms with E-state index in [0.717, 1.165) is 11.3 Å². The van der Waals surface area contributed by atoms with Gasteiger partial charge >= 0.3 is 0 Å². The summed E-state index contributed by atoms with van der Waals surface area (Å²) in [5.74, 6) is 0.574. The second-order valence-electron chi connectivity index (χ2n) is 5.18. The lowest BCUT2D eigenvalue weighted by molar-refractivity contribution is -0.118. The number of para-hydroxylation sites is 2. The molecule has 0 atom stereocenters. The van der Waals surface area contributed by atoms with Crippen LogP contribution in [-0.4, -0.2) is 33.0 Å². The average molecular weight is 393 g/mol. The van der Waals surface area contributed by atoms with Gasteiger partial charge in [-0.15, -0.1) is 0 Å². The number of fused-ring (bicyclic) bond motifs is 1. The highest BCUT2D eigenvalue weighted by atomic mass is 32.2. The van der Waals surface area contributed by atoms with Crippen LogP contribution in [0.4, 0.5) is 5.13 Å². The van der Waals surface area contributed by atoms with Crippen LogP contribution in [0.15, 0.2) is 47.4 Å². The number of rotatable bonds is 6. The number of hydrogen-bond donors (Lipinski definition) is 2. The van der Waals surface area contributed by atoms with Gasteiger partial charge in [-0.25, -0.2) is 18.5 Å². The van der Waals surface area contributed by atoms with Crippen molar-refractivity contribution >= 4 is 42.6 Å². The Balaban J connectivity index is 1.69. The first kappa shape index (κ1) is 18.1. The first-order chi connectivity index (χ1) is 12.4. The van der Waals surface area contributed by atoms with Gasteiger partial charge in [-0.05, 0) is 30.3 Å². The van der Waals surface area contributed by atoms with E-state index in [1.807, 2.05) is 0 Å². The zero-order chi connectivity index (χ0) is 18.7. The largest absolute Gasteiger partial charge is 0.493 e. The number of carbonyl (C=O) groups is 1. The summed E-state index contributed by atoms with van der Waals surface area (Å²) in [6.07, 6.45) is 0. The number of sulfonamides is 1. The van der Waals surface area contributed by atoms with E-state index in [4.69, 9.17) is 14.6 Å². The summed E-state index contributed by atoms with van der Waals surface area (Å²) in [7, 11) is -2.28. The molecule has 8 nitrogen and oxygen atoms in total. The standard InChI is InChI=1S/C16H15N3O5S2/c1-23-12-4-2-3-5-13(12)24-9-15(20)19-16-18-11-7-6-10(26(17,21)22)8-14(11)25-16/h2-8H,9H2,1H3,(H2,17,21,22)(H,18,19,20). The molecule has 1 heterocycles. The van der Waals surface area contributed by atoms with Gasteiger partial charge in [0.05, 0.1) is 22.2 Å². The Morgan fingerprint density at radius 1 is 1.23 bits per heavy atom. The van der Waals surface area contributed by atoms with Gasteiger partial charge in [0.1, 0.15) is 0 Å². The van der Waals surface area contributed by atoms with Crippen molar-refractivity contribution in [3.05, 3.63) is 42.5 Å². The molecule has 3 rings (SSSR count). The predicted octanol–water partition coefficient (Wildman–Crippen LogP) is 1.97. The molecule has 26 heavy (non-hydrogen) atoms. The third kappa shape index (κ3) is 4.10. The number of nitrogens with one attached hydrogen (secondary N) is 1. The molecule has 0 aliphatic rings. The molecule has 0 unspecified atom stereocenters. The summed E-state index contributed by atoms with van der Waals surface area (Å²) in [6, 6.07) is 11.3. The number of carbonyl (C=O) groups excluding carboxylic acids is 1. The van der Waals surface area contributed by atoms with E-state index < -0.39 is 15.9 Å². The van der Waals surface area contributed by atoms with Crippen LogP contribution in [0.3, 0.4) is 0 Å². The Hall–Kier alpha value is -2.69. The lowest BCUT2D eigenvalue weighted by atomic mass is 10.3. The number of primary sulfonamides is 1. The van der Waals surface area contributed by atoms with E-state index in [1.165, 1.54) is 25.3 Å². The Labute approximate surface area is 153 Å². The molecular weight excluding hydrogens is 378 g/mol. The van der Waals surface area contributed by atoms with Crippen molar-refractivity contribution in [2.45, 2.75) is 4.90 Å². The molecule has 2 aromatic carbocycles. The summed E-state index contributed by atoms with van der Waals surface area (Å²) < 4.78 is 34.0. The van der Waals surface area contributed by atoms with E-state index in [-0.39, 0.29) is 11.5 Å². The summed E-state index contributed by atoms with van der Waals surface area (Å²) in [4.78, 5) is 16.3. The molecule has 0 aliphatic heterocycles. The van der Waals surface area contributed by atoms with E-state index in [0.29, 0.717) is 26.8 Å². The van der Waals surface area contributed by atoms with Crippen LogP contribution in [0.1, 0.15) is 0 Å². The minimum absolute atomic E-state index is 0.00830. The van der Waals surface area contributed by atoms with Crippen molar-refractivity contribution in [3.63, 3.8) is 0 Å². The molecule has 0 saturated heterocycles. The van der Waals surface area contributed by atoms with Crippen LogP contribution in [0, 0.1) is 0 Å². The van der Waals surface area contributed by atoms with Gasteiger partial charge in [0.2, 0.25) is 10.0 Å². The molecular formula is C16H15N3O5S2. The summed E-state index contributed by atoms with van der Waals surface area (Å²) in [6.45, 7) is -0.223. The number of nitrogens with zero attached hydrogens (tertiary/aromatic N) is 1. The highest BCUT2D eigenvalue weighted by Gasteiger charge is 2.13. The smallest absolute Gasteiger partial charge is 0.264 e. The van der Waals surface area contributed by atoms with Crippen LogP contribution < -0.4 is 19.9 Å². The molecule has 0 spiro atoms. The zero-order valence-corrected chi connectivity index (χ0v) is 15.3. The van der Waals surface area contributed by atoms with E-state index in [2.05, 4.69) is 10.3 Å². The van der Waals surface area contributed by atoms with Crippen LogP contribution >= 0.6 is 11.3 Å². The third-order valence-corrected chi connectivity index (χ3v) is 5.21. The van der Waals surface area contributed by atoms with Crippen LogP contribution in [0.25, 0.3) is 10.2 Å². The molecule has 1 aromatic heterocycles. The third-order valence-electron chi connectivity index (χ3n) is 3.36. The maximum Gasteiger partial charge on any atom is 0.264 e. The van der Waals surface area contributed by atoms with Gasteiger partial charge in [-0.2, -0.15) is 0 Å². The van der Waals surface area contributed by atoms with Gasteiger partial charge in [-0.1, -0.05) is 23.5 Å². The van der Waals surface area contributed by atoms with E-state index in [1.54, 1.807) is 24.3 Å². The Morgan fingerprint density at radius 3 is 2.65 bits per heavy atom. The highest BCUT2D eigenvalue weighted by molar-refractivity contribution is 7.89. The Bertz CT molecular complexity index is 1060. The van der Waals surface area contributed by atoms with Gasteiger partial charge in [-0.3, -0.25) is 10.1 Å². The molecule has 0 bridgehead atoms. The van der Waals surface area contributed by atoms with Gasteiger partial charge in [0, 0.05) is 0 Å². The molecule has 10 heteroatoms. The predicted molar refractivity (Wildman–Crippen MR) is 98.1 cm³/mol. The van der Waals surface area contributed by atoms with E-state index >= 15 is 0 Å². The molecule has 136 valence electrons. The van der Waals surface area contributed by atoms with Gasteiger partial charge in [0.15, 0.2) is 23.2 Å². The van der Waals surface area contributed by atoms with Crippen molar-refractivity contribution < 1.29 is 22.7 Å². The van der Waals surface area contributed by atoms with Crippen molar-refractivity contribution in [2.24, 2.45) is 5.14 Å². The van der Waals surface area contributed by atoms with Gasteiger partial charge in [0.25, 0.3) is 5.91 Å². The van der Waals surface area contributed by atoms with Crippen LogP contribution in [-0.2, 0) is 14.8 Å². The number of anilines is 1. The maximum atomic E-state index is 12.1. The fourth-order valence-corrected chi connectivity index (χ4v) is 3.71. The second-order valence-corrected chi connectivity index (χ2v) is 7.77. The maximum absolute atomic E-state index is 12.1. The zero-order valence-electron chi connectivity index (χ0n) is 13.6. The molecule has 3 aromatic rings. The fraction of sp³-hybridized carbons (Fsp3) is 0.125. The molecule has 1 amide bonds. The normalized spacial score (nSPS) is 11.3.